The van der Waals surface area contributed by atoms with Crippen LogP contribution in [0.4, 0.5) is 0 Å². The SMILES string of the molecule is c1ccc(-c2ccc3cc(-c4nc(-c5cccc6c5oc5ccccc56)nc(-c5cccc6sc7ccccc7c56)n4)ccc3c2)cc1. The number of nitrogens with zero attached hydrogens (tertiary/aromatic N) is 3. The van der Waals surface area contributed by atoms with Crippen molar-refractivity contribution in [1.82, 2.24) is 15.0 Å². The van der Waals surface area contributed by atoms with Gasteiger partial charge in [-0.1, -0.05) is 115 Å². The van der Waals surface area contributed by atoms with Gasteiger partial charge in [0.05, 0.1) is 5.56 Å². The van der Waals surface area contributed by atoms with E-state index in [1.165, 1.54) is 25.9 Å². The maximum atomic E-state index is 6.45. The first kappa shape index (κ1) is 27.0. The molecule has 3 heterocycles. The predicted octanol–water partition coefficient (Wildman–Crippen LogP) is 12.0. The molecule has 0 aliphatic heterocycles. The minimum Gasteiger partial charge on any atom is -0.455 e. The molecule has 0 amide bonds. The molecule has 0 saturated carbocycles. The fourth-order valence-electron chi connectivity index (χ4n) is 6.83. The molecule has 224 valence electrons. The van der Waals surface area contributed by atoms with Crippen LogP contribution in [0.3, 0.4) is 0 Å². The molecule has 7 aromatic carbocycles. The average Bonchev–Trinajstić information content (AvgIpc) is 3.73. The Bertz CT molecular complexity index is 2850. The van der Waals surface area contributed by atoms with Gasteiger partial charge >= 0.3 is 0 Å². The molecule has 0 aliphatic rings. The summed E-state index contributed by atoms with van der Waals surface area (Å²) < 4.78 is 8.90. The van der Waals surface area contributed by atoms with Gasteiger partial charge < -0.3 is 4.42 Å². The van der Waals surface area contributed by atoms with Crippen LogP contribution >= 0.6 is 11.3 Å². The van der Waals surface area contributed by atoms with E-state index in [0.29, 0.717) is 17.5 Å². The summed E-state index contributed by atoms with van der Waals surface area (Å²) in [6.45, 7) is 0. The molecule has 0 bridgehead atoms. The van der Waals surface area contributed by atoms with Crippen LogP contribution in [0.15, 0.2) is 156 Å². The molecule has 0 atom stereocenters. The molecule has 10 rings (SSSR count). The van der Waals surface area contributed by atoms with Gasteiger partial charge in [-0.2, -0.15) is 0 Å². The van der Waals surface area contributed by atoms with Crippen LogP contribution in [-0.4, -0.2) is 15.0 Å². The number of hydrogen-bond donors (Lipinski definition) is 0. The highest BCUT2D eigenvalue weighted by atomic mass is 32.1. The Morgan fingerprint density at radius 1 is 0.417 bits per heavy atom. The predicted molar refractivity (Wildman–Crippen MR) is 199 cm³/mol. The lowest BCUT2D eigenvalue weighted by Gasteiger charge is -2.11. The van der Waals surface area contributed by atoms with Crippen molar-refractivity contribution in [3.05, 3.63) is 152 Å². The van der Waals surface area contributed by atoms with Gasteiger partial charge in [-0.15, -0.1) is 11.3 Å². The minimum absolute atomic E-state index is 0.579. The van der Waals surface area contributed by atoms with Crippen molar-refractivity contribution in [2.24, 2.45) is 0 Å². The van der Waals surface area contributed by atoms with E-state index in [2.05, 4.69) is 121 Å². The Morgan fingerprint density at radius 2 is 1.04 bits per heavy atom. The lowest BCUT2D eigenvalue weighted by Crippen LogP contribution is -2.00. The van der Waals surface area contributed by atoms with Crippen molar-refractivity contribution in [2.75, 3.05) is 0 Å². The van der Waals surface area contributed by atoms with E-state index in [1.54, 1.807) is 11.3 Å². The van der Waals surface area contributed by atoms with E-state index >= 15 is 0 Å². The Balaban J connectivity index is 1.21. The molecule has 0 fully saturated rings. The van der Waals surface area contributed by atoms with E-state index in [1.807, 2.05) is 30.3 Å². The van der Waals surface area contributed by atoms with Gasteiger partial charge in [0.1, 0.15) is 11.2 Å². The highest BCUT2D eigenvalue weighted by Gasteiger charge is 2.20. The number of aromatic nitrogens is 3. The number of para-hydroxylation sites is 2. The quantitative estimate of drug-likeness (QED) is 0.194. The van der Waals surface area contributed by atoms with Crippen molar-refractivity contribution >= 4 is 64.2 Å². The molecule has 0 radical (unpaired) electrons. The number of thiophene rings is 1. The minimum atomic E-state index is 0.579. The smallest absolute Gasteiger partial charge is 0.167 e. The third kappa shape index (κ3) is 4.33. The number of rotatable bonds is 4. The first-order valence-electron chi connectivity index (χ1n) is 15.9. The number of hydrogen-bond acceptors (Lipinski definition) is 5. The summed E-state index contributed by atoms with van der Waals surface area (Å²) in [5.74, 6) is 1.83. The van der Waals surface area contributed by atoms with Crippen molar-refractivity contribution < 1.29 is 4.42 Å². The van der Waals surface area contributed by atoms with E-state index in [-0.39, 0.29) is 0 Å². The standard InChI is InChI=1S/C43H25N3OS/c1-2-10-26(11-3-1)27-20-21-29-25-30(23-22-28(29)24-27)41-44-42(34-15-9-19-38-39(34)33-13-5-7-18-37(33)48-38)46-43(45-41)35-16-8-14-32-31-12-4-6-17-36(31)47-40(32)35/h1-25H. The highest BCUT2D eigenvalue weighted by Crippen LogP contribution is 2.41. The normalized spacial score (nSPS) is 11.8. The second kappa shape index (κ2) is 10.7. The summed E-state index contributed by atoms with van der Waals surface area (Å²) in [7, 11) is 0. The maximum Gasteiger partial charge on any atom is 0.167 e. The van der Waals surface area contributed by atoms with Crippen LogP contribution in [0.1, 0.15) is 0 Å². The second-order valence-corrected chi connectivity index (χ2v) is 13.1. The summed E-state index contributed by atoms with van der Waals surface area (Å²) in [5, 5.41) is 6.77. The van der Waals surface area contributed by atoms with Gasteiger partial charge in [0.2, 0.25) is 0 Å². The largest absolute Gasteiger partial charge is 0.455 e. The molecule has 0 aliphatic carbocycles. The van der Waals surface area contributed by atoms with Crippen molar-refractivity contribution in [3.63, 3.8) is 0 Å². The van der Waals surface area contributed by atoms with E-state index in [4.69, 9.17) is 19.4 Å². The molecule has 0 saturated heterocycles. The molecule has 0 N–H and O–H groups in total. The molecule has 10 aromatic rings. The zero-order valence-electron chi connectivity index (χ0n) is 25.6. The summed E-state index contributed by atoms with van der Waals surface area (Å²) in [6.07, 6.45) is 0. The zero-order chi connectivity index (χ0) is 31.6. The Morgan fingerprint density at radius 3 is 1.92 bits per heavy atom. The number of fused-ring (bicyclic) bond motifs is 7. The Hall–Kier alpha value is -6.17. The lowest BCUT2D eigenvalue weighted by molar-refractivity contribution is 0.669. The van der Waals surface area contributed by atoms with Crippen molar-refractivity contribution in [1.29, 1.82) is 0 Å². The Kier molecular flexibility index (Phi) is 6.01. The number of benzene rings is 7. The van der Waals surface area contributed by atoms with Crippen LogP contribution in [0.25, 0.3) is 98.2 Å². The third-order valence-electron chi connectivity index (χ3n) is 9.13. The molecular formula is C43H25N3OS. The fourth-order valence-corrected chi connectivity index (χ4v) is 7.96. The first-order valence-corrected chi connectivity index (χ1v) is 16.8. The van der Waals surface area contributed by atoms with Crippen LogP contribution in [-0.2, 0) is 0 Å². The Labute approximate surface area is 279 Å². The van der Waals surface area contributed by atoms with Crippen LogP contribution in [0, 0.1) is 0 Å². The van der Waals surface area contributed by atoms with Gasteiger partial charge in [-0.05, 0) is 58.3 Å². The summed E-state index contributed by atoms with van der Waals surface area (Å²) in [4.78, 5) is 15.5. The summed E-state index contributed by atoms with van der Waals surface area (Å²) in [5.41, 5.74) is 6.75. The second-order valence-electron chi connectivity index (χ2n) is 12.0. The molecule has 0 spiro atoms. The van der Waals surface area contributed by atoms with E-state index < -0.39 is 0 Å². The van der Waals surface area contributed by atoms with Crippen LogP contribution in [0.2, 0.25) is 0 Å². The first-order chi connectivity index (χ1) is 23.8. The average molecular weight is 632 g/mol. The van der Waals surface area contributed by atoms with Gasteiger partial charge in [-0.25, -0.2) is 15.0 Å². The van der Waals surface area contributed by atoms with Gasteiger partial charge in [0.15, 0.2) is 17.5 Å². The summed E-state index contributed by atoms with van der Waals surface area (Å²) in [6, 6.07) is 52.8. The van der Waals surface area contributed by atoms with Gasteiger partial charge in [-0.3, -0.25) is 0 Å². The van der Waals surface area contributed by atoms with Crippen LogP contribution < -0.4 is 0 Å². The summed E-state index contributed by atoms with van der Waals surface area (Å²) >= 11 is 1.79. The molecular weight excluding hydrogens is 607 g/mol. The molecule has 3 aromatic heterocycles. The molecule has 4 nitrogen and oxygen atoms in total. The van der Waals surface area contributed by atoms with Gasteiger partial charge in [0.25, 0.3) is 0 Å². The maximum absolute atomic E-state index is 6.45. The third-order valence-corrected chi connectivity index (χ3v) is 10.3. The fraction of sp³-hybridized carbons (Fsp3) is 0. The molecule has 0 unspecified atom stereocenters. The topological polar surface area (TPSA) is 51.8 Å². The lowest BCUT2D eigenvalue weighted by atomic mass is 10.00. The molecule has 5 heteroatoms. The number of furan rings is 1. The van der Waals surface area contributed by atoms with Crippen molar-refractivity contribution in [2.45, 2.75) is 0 Å². The zero-order valence-corrected chi connectivity index (χ0v) is 26.4. The van der Waals surface area contributed by atoms with Crippen molar-refractivity contribution in [3.8, 4) is 45.3 Å². The van der Waals surface area contributed by atoms with Gasteiger partial charge in [0, 0.05) is 42.1 Å². The van der Waals surface area contributed by atoms with Crippen LogP contribution in [0.5, 0.6) is 0 Å². The molecule has 48 heavy (non-hydrogen) atoms. The van der Waals surface area contributed by atoms with E-state index in [9.17, 15) is 0 Å². The highest BCUT2D eigenvalue weighted by molar-refractivity contribution is 7.25. The van der Waals surface area contributed by atoms with E-state index in [0.717, 1.165) is 54.8 Å². The monoisotopic (exact) mass is 631 g/mol.